The van der Waals surface area contributed by atoms with Crippen LogP contribution in [0.2, 0.25) is 0 Å². The molecule has 0 N–H and O–H groups in total. The van der Waals surface area contributed by atoms with Crippen molar-refractivity contribution in [2.45, 2.75) is 19.3 Å². The Morgan fingerprint density at radius 1 is 1.41 bits per heavy atom. The molecule has 0 aliphatic carbocycles. The van der Waals surface area contributed by atoms with Gasteiger partial charge in [0, 0.05) is 12.0 Å². The highest BCUT2D eigenvalue weighted by Crippen LogP contribution is 2.18. The number of carbonyl (C=O) groups is 1. The van der Waals surface area contributed by atoms with Gasteiger partial charge in [-0.15, -0.1) is 12.3 Å². The van der Waals surface area contributed by atoms with Gasteiger partial charge in [0.1, 0.15) is 11.6 Å². The Kier molecular flexibility index (Phi) is 4.65. The van der Waals surface area contributed by atoms with E-state index in [9.17, 15) is 13.6 Å². The quantitative estimate of drug-likeness (QED) is 0.458. The monoisotopic (exact) mass is 238 g/mol. The number of halogens is 2. The second kappa shape index (κ2) is 6.00. The average molecular weight is 238 g/mol. The Bertz CT molecular complexity index is 438. The molecule has 1 aromatic rings. The van der Waals surface area contributed by atoms with E-state index < -0.39 is 17.6 Å². The summed E-state index contributed by atoms with van der Waals surface area (Å²) in [5.41, 5.74) is -0.184. The standard InChI is InChI=1S/C13H12F2O2/c1-3-4-5-6-10-11(14)7-9(8-12(10)15)13(16)17-2/h1,7-8H,4-6H2,2H3. The summed E-state index contributed by atoms with van der Waals surface area (Å²) in [5.74, 6) is 0.135. The number of terminal acetylenes is 1. The van der Waals surface area contributed by atoms with Crippen LogP contribution >= 0.6 is 0 Å². The summed E-state index contributed by atoms with van der Waals surface area (Å²) in [5, 5.41) is 0. The van der Waals surface area contributed by atoms with E-state index in [0.717, 1.165) is 19.2 Å². The molecule has 0 fully saturated rings. The first-order valence-corrected chi connectivity index (χ1v) is 5.09. The predicted molar refractivity (Wildman–Crippen MR) is 59.5 cm³/mol. The maximum atomic E-state index is 13.5. The molecule has 1 aromatic carbocycles. The van der Waals surface area contributed by atoms with Crippen LogP contribution in [-0.2, 0) is 11.2 Å². The third-order valence-electron chi connectivity index (χ3n) is 2.31. The van der Waals surface area contributed by atoms with Crippen LogP contribution in [0.1, 0.15) is 28.8 Å². The van der Waals surface area contributed by atoms with Gasteiger partial charge in [-0.2, -0.15) is 0 Å². The van der Waals surface area contributed by atoms with Gasteiger partial charge in [0.15, 0.2) is 0 Å². The molecule has 0 radical (unpaired) electrons. The molecule has 0 atom stereocenters. The Morgan fingerprint density at radius 3 is 2.47 bits per heavy atom. The first-order chi connectivity index (χ1) is 8.10. The summed E-state index contributed by atoms with van der Waals surface area (Å²) in [6, 6.07) is 1.94. The number of unbranched alkanes of at least 4 members (excludes halogenated alkanes) is 1. The molecule has 0 aliphatic heterocycles. The molecule has 4 heteroatoms. The van der Waals surface area contributed by atoms with Crippen LogP contribution in [-0.4, -0.2) is 13.1 Å². The topological polar surface area (TPSA) is 26.3 Å². The Balaban J connectivity index is 2.95. The van der Waals surface area contributed by atoms with Gasteiger partial charge in [-0.3, -0.25) is 0 Å². The van der Waals surface area contributed by atoms with Crippen LogP contribution in [0, 0.1) is 24.0 Å². The number of hydrogen-bond acceptors (Lipinski definition) is 2. The first-order valence-electron chi connectivity index (χ1n) is 5.09. The van der Waals surface area contributed by atoms with Gasteiger partial charge in [-0.05, 0) is 25.0 Å². The summed E-state index contributed by atoms with van der Waals surface area (Å²) in [4.78, 5) is 11.1. The molecule has 0 saturated carbocycles. The predicted octanol–water partition coefficient (Wildman–Crippen LogP) is 2.71. The molecule has 0 saturated heterocycles. The molecular formula is C13H12F2O2. The highest BCUT2D eigenvalue weighted by Gasteiger charge is 2.14. The van der Waals surface area contributed by atoms with E-state index in [0.29, 0.717) is 12.8 Å². The Hall–Kier alpha value is -1.89. The van der Waals surface area contributed by atoms with Crippen molar-refractivity contribution in [3.63, 3.8) is 0 Å². The third kappa shape index (κ3) is 3.28. The average Bonchev–Trinajstić information content (AvgIpc) is 2.31. The molecule has 0 aliphatic rings. The van der Waals surface area contributed by atoms with Crippen molar-refractivity contribution in [3.8, 4) is 12.3 Å². The molecule has 1 rings (SSSR count). The fourth-order valence-corrected chi connectivity index (χ4v) is 1.44. The molecule has 17 heavy (non-hydrogen) atoms. The van der Waals surface area contributed by atoms with Crippen molar-refractivity contribution < 1.29 is 18.3 Å². The van der Waals surface area contributed by atoms with E-state index in [-0.39, 0.29) is 17.5 Å². The van der Waals surface area contributed by atoms with E-state index >= 15 is 0 Å². The lowest BCUT2D eigenvalue weighted by Gasteiger charge is -2.06. The highest BCUT2D eigenvalue weighted by molar-refractivity contribution is 5.89. The molecule has 0 amide bonds. The van der Waals surface area contributed by atoms with E-state index in [2.05, 4.69) is 10.7 Å². The normalized spacial score (nSPS) is 9.76. The molecule has 0 unspecified atom stereocenters. The molecule has 0 bridgehead atoms. The van der Waals surface area contributed by atoms with E-state index in [1.54, 1.807) is 0 Å². The number of carbonyl (C=O) groups excluding carboxylic acids is 1. The summed E-state index contributed by atoms with van der Waals surface area (Å²) in [6.45, 7) is 0. The Labute approximate surface area is 98.6 Å². The van der Waals surface area contributed by atoms with Crippen LogP contribution in [0.4, 0.5) is 8.78 Å². The third-order valence-corrected chi connectivity index (χ3v) is 2.31. The second-order valence-electron chi connectivity index (χ2n) is 3.47. The van der Waals surface area contributed by atoms with Crippen LogP contribution in [0.25, 0.3) is 0 Å². The number of esters is 1. The van der Waals surface area contributed by atoms with Gasteiger partial charge in [0.05, 0.1) is 12.7 Å². The number of rotatable bonds is 4. The minimum absolute atomic E-state index is 0.0482. The van der Waals surface area contributed by atoms with Crippen molar-refractivity contribution in [2.24, 2.45) is 0 Å². The van der Waals surface area contributed by atoms with Crippen LogP contribution in [0.15, 0.2) is 12.1 Å². The fraction of sp³-hybridized carbons (Fsp3) is 0.308. The lowest BCUT2D eigenvalue weighted by Crippen LogP contribution is -2.05. The number of methoxy groups -OCH3 is 1. The van der Waals surface area contributed by atoms with Crippen molar-refractivity contribution in [2.75, 3.05) is 7.11 Å². The van der Waals surface area contributed by atoms with Crippen LogP contribution in [0.5, 0.6) is 0 Å². The number of benzene rings is 1. The lowest BCUT2D eigenvalue weighted by molar-refractivity contribution is 0.0599. The summed E-state index contributed by atoms with van der Waals surface area (Å²) in [7, 11) is 1.15. The molecule has 0 spiro atoms. The minimum atomic E-state index is -0.766. The minimum Gasteiger partial charge on any atom is -0.465 e. The number of hydrogen-bond donors (Lipinski definition) is 0. The van der Waals surface area contributed by atoms with Crippen LogP contribution < -0.4 is 0 Å². The summed E-state index contributed by atoms with van der Waals surface area (Å²) < 4.78 is 31.5. The zero-order valence-corrected chi connectivity index (χ0v) is 9.43. The maximum absolute atomic E-state index is 13.5. The van der Waals surface area contributed by atoms with Crippen molar-refractivity contribution in [3.05, 3.63) is 34.9 Å². The van der Waals surface area contributed by atoms with Gasteiger partial charge in [0.25, 0.3) is 0 Å². The molecule has 90 valence electrons. The van der Waals surface area contributed by atoms with E-state index in [4.69, 9.17) is 6.42 Å². The van der Waals surface area contributed by atoms with Gasteiger partial charge in [-0.25, -0.2) is 13.6 Å². The zero-order chi connectivity index (χ0) is 12.8. The molecular weight excluding hydrogens is 226 g/mol. The molecule has 0 heterocycles. The van der Waals surface area contributed by atoms with Gasteiger partial charge in [0.2, 0.25) is 0 Å². The lowest BCUT2D eigenvalue weighted by atomic mass is 10.0. The van der Waals surface area contributed by atoms with Crippen LogP contribution in [0.3, 0.4) is 0 Å². The van der Waals surface area contributed by atoms with E-state index in [1.165, 1.54) is 0 Å². The first kappa shape index (κ1) is 13.2. The molecule has 2 nitrogen and oxygen atoms in total. The zero-order valence-electron chi connectivity index (χ0n) is 9.43. The maximum Gasteiger partial charge on any atom is 0.338 e. The van der Waals surface area contributed by atoms with Gasteiger partial charge >= 0.3 is 5.97 Å². The van der Waals surface area contributed by atoms with Crippen molar-refractivity contribution in [1.82, 2.24) is 0 Å². The Morgan fingerprint density at radius 2 is 2.00 bits per heavy atom. The second-order valence-corrected chi connectivity index (χ2v) is 3.47. The van der Waals surface area contributed by atoms with Gasteiger partial charge in [-0.1, -0.05) is 0 Å². The smallest absolute Gasteiger partial charge is 0.338 e. The van der Waals surface area contributed by atoms with Crippen molar-refractivity contribution in [1.29, 1.82) is 0 Å². The van der Waals surface area contributed by atoms with Crippen molar-refractivity contribution >= 4 is 5.97 Å². The van der Waals surface area contributed by atoms with E-state index in [1.807, 2.05) is 0 Å². The largest absolute Gasteiger partial charge is 0.465 e. The van der Waals surface area contributed by atoms with Gasteiger partial charge < -0.3 is 4.74 Å². The summed E-state index contributed by atoms with van der Waals surface area (Å²) >= 11 is 0. The summed E-state index contributed by atoms with van der Waals surface area (Å²) in [6.07, 6.45) is 6.22. The molecule has 0 aromatic heterocycles. The SMILES string of the molecule is C#CCCCc1c(F)cc(C(=O)OC)cc1F. The fourth-order valence-electron chi connectivity index (χ4n) is 1.44. The number of ether oxygens (including phenoxy) is 1. The highest BCUT2D eigenvalue weighted by atomic mass is 19.1.